The Hall–Kier alpha value is -4.02. The quantitative estimate of drug-likeness (QED) is 0.363. The molecule has 2 N–H and O–H groups in total. The zero-order chi connectivity index (χ0) is 25.1. The van der Waals surface area contributed by atoms with Gasteiger partial charge in [-0.15, -0.1) is 10.2 Å². The van der Waals surface area contributed by atoms with Crippen molar-refractivity contribution in [2.45, 2.75) is 44.2 Å². The van der Waals surface area contributed by atoms with Crippen molar-refractivity contribution in [3.63, 3.8) is 0 Å². The Morgan fingerprint density at radius 3 is 2.33 bits per heavy atom. The first-order chi connectivity index (χ1) is 17.3. The van der Waals surface area contributed by atoms with Crippen LogP contribution in [-0.4, -0.2) is 25.3 Å². The van der Waals surface area contributed by atoms with E-state index in [1.165, 1.54) is 11.6 Å². The maximum atomic E-state index is 12.7. The van der Waals surface area contributed by atoms with E-state index in [2.05, 4.69) is 47.3 Å². The van der Waals surface area contributed by atoms with Crippen LogP contribution in [0.5, 0.6) is 0 Å². The van der Waals surface area contributed by atoms with Crippen LogP contribution in [-0.2, 0) is 12.6 Å². The predicted molar refractivity (Wildman–Crippen MR) is 126 cm³/mol. The first-order valence-corrected chi connectivity index (χ1v) is 11.6. The number of alkyl halides is 3. The molecule has 1 aromatic carbocycles. The van der Waals surface area contributed by atoms with Gasteiger partial charge in [-0.25, -0.2) is 9.78 Å². The fourth-order valence-corrected chi connectivity index (χ4v) is 4.58. The molecule has 4 aromatic rings. The highest BCUT2D eigenvalue weighted by Crippen LogP contribution is 2.37. The molecule has 3 aromatic heterocycles. The summed E-state index contributed by atoms with van der Waals surface area (Å²) < 4.78 is 42.5. The lowest BCUT2D eigenvalue weighted by Gasteiger charge is -2.28. The number of nitrogens with one attached hydrogen (secondary N) is 2. The van der Waals surface area contributed by atoms with Crippen LogP contribution >= 0.6 is 0 Å². The number of halogens is 3. The molecular formula is C25H23F3N6O2. The number of benzene rings is 1. The fourth-order valence-electron chi connectivity index (χ4n) is 4.58. The van der Waals surface area contributed by atoms with Gasteiger partial charge in [-0.05, 0) is 67.3 Å². The van der Waals surface area contributed by atoms with Crippen LogP contribution < -0.4 is 11.1 Å². The van der Waals surface area contributed by atoms with Crippen molar-refractivity contribution in [3.05, 3.63) is 82.4 Å². The van der Waals surface area contributed by atoms with Crippen molar-refractivity contribution >= 4 is 11.5 Å². The number of hydrogen-bond acceptors (Lipinski definition) is 7. The van der Waals surface area contributed by atoms with Crippen LogP contribution in [0.15, 0.2) is 64.0 Å². The molecule has 36 heavy (non-hydrogen) atoms. The molecule has 0 amide bonds. The topological polar surface area (TPSA) is 110 Å². The molecule has 5 rings (SSSR count). The van der Waals surface area contributed by atoms with Crippen molar-refractivity contribution in [2.24, 2.45) is 5.92 Å². The molecule has 0 unspecified atom stereocenters. The first kappa shape index (κ1) is 23.7. The van der Waals surface area contributed by atoms with E-state index in [-0.39, 0.29) is 0 Å². The Bertz CT molecular complexity index is 1340. The number of anilines is 2. The molecule has 8 nitrogen and oxygen atoms in total. The van der Waals surface area contributed by atoms with Crippen molar-refractivity contribution < 1.29 is 17.7 Å². The summed E-state index contributed by atoms with van der Waals surface area (Å²) in [6.07, 6.45) is 1.65. The van der Waals surface area contributed by atoms with E-state index >= 15 is 0 Å². The van der Waals surface area contributed by atoms with E-state index in [1.54, 1.807) is 12.1 Å². The predicted octanol–water partition coefficient (Wildman–Crippen LogP) is 5.49. The zero-order valence-electron chi connectivity index (χ0n) is 19.1. The molecule has 0 radical (unpaired) electrons. The molecule has 1 aliphatic carbocycles. The van der Waals surface area contributed by atoms with Crippen LogP contribution in [0, 0.1) is 5.92 Å². The molecular weight excluding hydrogens is 473 g/mol. The summed E-state index contributed by atoms with van der Waals surface area (Å²) in [7, 11) is 0. The minimum absolute atomic E-state index is 0.387. The van der Waals surface area contributed by atoms with Gasteiger partial charge in [0.05, 0.1) is 17.6 Å². The molecule has 1 fully saturated rings. The van der Waals surface area contributed by atoms with Crippen LogP contribution in [0.4, 0.5) is 24.7 Å². The van der Waals surface area contributed by atoms with E-state index in [4.69, 9.17) is 0 Å². The molecule has 186 valence electrons. The number of hydrogen-bond donors (Lipinski definition) is 2. The average molecular weight is 496 g/mol. The Labute approximate surface area is 204 Å². The van der Waals surface area contributed by atoms with Gasteiger partial charge in [0.2, 0.25) is 0 Å². The fraction of sp³-hybridized carbons (Fsp3) is 0.320. The van der Waals surface area contributed by atoms with Gasteiger partial charge in [-0.3, -0.25) is 9.51 Å². The van der Waals surface area contributed by atoms with Gasteiger partial charge in [-0.2, -0.15) is 13.2 Å². The normalized spacial score (nSPS) is 18.2. The minimum atomic E-state index is -4.48. The highest BCUT2D eigenvalue weighted by molar-refractivity contribution is 5.62. The lowest BCUT2D eigenvalue weighted by molar-refractivity contribution is -0.141. The van der Waals surface area contributed by atoms with Gasteiger partial charge < -0.3 is 5.32 Å². The Kier molecular flexibility index (Phi) is 6.53. The third-order valence-electron chi connectivity index (χ3n) is 6.48. The van der Waals surface area contributed by atoms with E-state index < -0.39 is 17.6 Å². The molecule has 0 saturated heterocycles. The number of H-pyrrole nitrogens is 1. The average Bonchev–Trinajstić information content (AvgIpc) is 3.29. The van der Waals surface area contributed by atoms with E-state index in [0.29, 0.717) is 34.9 Å². The second-order valence-electron chi connectivity index (χ2n) is 8.94. The third-order valence-corrected chi connectivity index (χ3v) is 6.48. The molecule has 0 atom stereocenters. The first-order valence-electron chi connectivity index (χ1n) is 11.6. The summed E-state index contributed by atoms with van der Waals surface area (Å²) in [4.78, 5) is 17.1. The van der Waals surface area contributed by atoms with Crippen LogP contribution in [0.2, 0.25) is 0 Å². The number of nitrogens with zero attached hydrogens (tertiary/aromatic N) is 4. The smallest absolute Gasteiger partial charge is 0.337 e. The molecule has 0 spiro atoms. The van der Waals surface area contributed by atoms with Crippen molar-refractivity contribution in [1.82, 2.24) is 25.3 Å². The molecule has 3 heterocycles. The summed E-state index contributed by atoms with van der Waals surface area (Å²) in [5.74, 6) is 1.49. The lowest BCUT2D eigenvalue weighted by atomic mass is 9.77. The van der Waals surface area contributed by atoms with Crippen LogP contribution in [0.3, 0.4) is 0 Å². The Morgan fingerprint density at radius 2 is 1.75 bits per heavy atom. The van der Waals surface area contributed by atoms with Crippen molar-refractivity contribution in [1.29, 1.82) is 0 Å². The van der Waals surface area contributed by atoms with E-state index in [0.717, 1.165) is 49.9 Å². The third kappa shape index (κ3) is 5.61. The summed E-state index contributed by atoms with van der Waals surface area (Å²) in [5, 5.41) is 15.0. The van der Waals surface area contributed by atoms with Crippen molar-refractivity contribution in [2.75, 3.05) is 5.32 Å². The number of aromatic amines is 1. The van der Waals surface area contributed by atoms with Crippen LogP contribution in [0.1, 0.15) is 48.7 Å². The monoisotopic (exact) mass is 496 g/mol. The number of aromatic nitrogens is 5. The maximum Gasteiger partial charge on any atom is 0.438 e. The summed E-state index contributed by atoms with van der Waals surface area (Å²) >= 11 is 0. The molecule has 0 aliphatic heterocycles. The van der Waals surface area contributed by atoms with Crippen LogP contribution in [0.25, 0.3) is 11.3 Å². The Balaban J connectivity index is 1.16. The van der Waals surface area contributed by atoms with Gasteiger partial charge in [0.15, 0.2) is 11.6 Å². The zero-order valence-corrected chi connectivity index (χ0v) is 19.1. The van der Waals surface area contributed by atoms with E-state index in [1.807, 2.05) is 12.1 Å². The van der Waals surface area contributed by atoms with Gasteiger partial charge >= 0.3 is 11.9 Å². The summed E-state index contributed by atoms with van der Waals surface area (Å²) in [6.45, 7) is 0. The van der Waals surface area contributed by atoms with Gasteiger partial charge in [0.25, 0.3) is 0 Å². The minimum Gasteiger partial charge on any atom is -0.337 e. The molecule has 0 bridgehead atoms. The summed E-state index contributed by atoms with van der Waals surface area (Å²) in [5.41, 5.74) is 2.35. The summed E-state index contributed by atoms with van der Waals surface area (Å²) in [6, 6.07) is 14.0. The van der Waals surface area contributed by atoms with Gasteiger partial charge in [0, 0.05) is 12.0 Å². The SMILES string of the molecule is O=c1[nH]c(C[C@H]2CC[C@@H](c3ccc(-c4ccc(Nc5ccc(C(F)(F)F)nc5)nn4)cc3)CC2)no1. The standard InChI is InChI=1S/C25H23F3N6O2/c26-25(27,28)21-11-9-19(14-29-21)30-22-12-10-20(32-33-22)18-7-5-17(6-8-18)16-3-1-15(2-4-16)13-23-31-24(35)36-34-23/h5-12,14-16H,1-4,13H2,(H,30,33)(H,31,34,35)/t15-,16+. The highest BCUT2D eigenvalue weighted by Gasteiger charge is 2.32. The molecule has 1 aliphatic rings. The maximum absolute atomic E-state index is 12.7. The molecule has 1 saturated carbocycles. The molecule has 11 heteroatoms. The lowest BCUT2D eigenvalue weighted by Crippen LogP contribution is -2.16. The number of rotatable bonds is 6. The largest absolute Gasteiger partial charge is 0.438 e. The number of pyridine rings is 1. The van der Waals surface area contributed by atoms with Crippen molar-refractivity contribution in [3.8, 4) is 11.3 Å². The highest BCUT2D eigenvalue weighted by atomic mass is 19.4. The van der Waals surface area contributed by atoms with Gasteiger partial charge in [-0.1, -0.05) is 29.4 Å². The second kappa shape index (κ2) is 9.92. The van der Waals surface area contributed by atoms with E-state index in [9.17, 15) is 18.0 Å². The second-order valence-corrected chi connectivity index (χ2v) is 8.94. The van der Waals surface area contributed by atoms with Gasteiger partial charge in [0.1, 0.15) is 5.69 Å². The Morgan fingerprint density at radius 1 is 0.972 bits per heavy atom.